The van der Waals surface area contributed by atoms with Crippen molar-refractivity contribution in [1.29, 1.82) is 0 Å². The van der Waals surface area contributed by atoms with Crippen LogP contribution in [0, 0.1) is 13.8 Å². The van der Waals surface area contributed by atoms with Crippen molar-refractivity contribution in [2.24, 2.45) is 0 Å². The average Bonchev–Trinajstić information content (AvgIpc) is 2.85. The lowest BCUT2D eigenvalue weighted by atomic mass is 10.2. The van der Waals surface area contributed by atoms with Gasteiger partial charge < -0.3 is 5.32 Å². The van der Waals surface area contributed by atoms with Gasteiger partial charge in [-0.15, -0.1) is 23.1 Å². The zero-order chi connectivity index (χ0) is 14.4. The first-order valence-corrected chi connectivity index (χ1v) is 8.98. The van der Waals surface area contributed by atoms with Crippen molar-refractivity contribution in [2.75, 3.05) is 12.3 Å². The summed E-state index contributed by atoms with van der Waals surface area (Å²) < 4.78 is 0. The Hall–Kier alpha value is -0.770. The Balaban J connectivity index is 2.00. The normalized spacial score (nSPS) is 12.6. The monoisotopic (exact) mass is 305 g/mol. The van der Waals surface area contributed by atoms with Crippen LogP contribution >= 0.6 is 23.1 Å². The summed E-state index contributed by atoms with van der Waals surface area (Å²) in [4.78, 5) is 4.21. The number of thioether (sulfide) groups is 1. The van der Waals surface area contributed by atoms with E-state index in [2.05, 4.69) is 62.5 Å². The summed E-state index contributed by atoms with van der Waals surface area (Å²) in [6.45, 7) is 7.63. The average molecular weight is 306 g/mol. The highest BCUT2D eigenvalue weighted by molar-refractivity contribution is 7.99. The predicted molar refractivity (Wildman–Crippen MR) is 92.0 cm³/mol. The number of rotatable bonds is 7. The van der Waals surface area contributed by atoms with E-state index in [-0.39, 0.29) is 0 Å². The van der Waals surface area contributed by atoms with Gasteiger partial charge >= 0.3 is 0 Å². The molecule has 1 N–H and O–H groups in total. The Kier molecular flexibility index (Phi) is 6.14. The van der Waals surface area contributed by atoms with Crippen LogP contribution in [0.1, 0.15) is 34.7 Å². The smallest absolute Gasteiger partial charge is 0.0510 e. The van der Waals surface area contributed by atoms with Crippen LogP contribution in [0.5, 0.6) is 0 Å². The van der Waals surface area contributed by atoms with Crippen LogP contribution in [0.25, 0.3) is 0 Å². The standard InChI is InChI=1S/C17H23NS2/c1-4-10-18-16(17-9-8-14(3)20-17)12-19-15-7-5-6-13(2)11-15/h5-9,11,16,18H,4,10,12H2,1-3H3. The third-order valence-electron chi connectivity index (χ3n) is 3.15. The molecule has 1 nitrogen and oxygen atoms in total. The van der Waals surface area contributed by atoms with Gasteiger partial charge in [-0.3, -0.25) is 0 Å². The lowest BCUT2D eigenvalue weighted by Crippen LogP contribution is -2.23. The second-order valence-electron chi connectivity index (χ2n) is 5.08. The molecule has 0 spiro atoms. The van der Waals surface area contributed by atoms with Crippen molar-refractivity contribution < 1.29 is 0 Å². The van der Waals surface area contributed by atoms with E-state index in [0.717, 1.165) is 12.3 Å². The molecule has 0 aliphatic carbocycles. The Morgan fingerprint density at radius 2 is 2.05 bits per heavy atom. The van der Waals surface area contributed by atoms with Crippen molar-refractivity contribution in [1.82, 2.24) is 5.32 Å². The SMILES string of the molecule is CCCNC(CSc1cccc(C)c1)c1ccc(C)s1. The van der Waals surface area contributed by atoms with Gasteiger partial charge in [-0.1, -0.05) is 24.6 Å². The molecule has 1 atom stereocenters. The molecule has 2 rings (SSSR count). The highest BCUT2D eigenvalue weighted by Gasteiger charge is 2.13. The number of benzene rings is 1. The third-order valence-corrected chi connectivity index (χ3v) is 5.35. The fourth-order valence-corrected chi connectivity index (χ4v) is 4.24. The molecule has 0 radical (unpaired) electrons. The summed E-state index contributed by atoms with van der Waals surface area (Å²) >= 11 is 3.85. The van der Waals surface area contributed by atoms with Gasteiger partial charge in [-0.25, -0.2) is 0 Å². The van der Waals surface area contributed by atoms with Gasteiger partial charge in [-0.05, 0) is 51.1 Å². The summed E-state index contributed by atoms with van der Waals surface area (Å²) in [6, 6.07) is 13.7. The second kappa shape index (κ2) is 7.87. The van der Waals surface area contributed by atoms with Gasteiger partial charge in [-0.2, -0.15) is 0 Å². The summed E-state index contributed by atoms with van der Waals surface area (Å²) in [5.74, 6) is 1.09. The Morgan fingerprint density at radius 1 is 1.20 bits per heavy atom. The maximum Gasteiger partial charge on any atom is 0.0510 e. The lowest BCUT2D eigenvalue weighted by molar-refractivity contribution is 0.585. The highest BCUT2D eigenvalue weighted by Crippen LogP contribution is 2.29. The van der Waals surface area contributed by atoms with Gasteiger partial charge in [0.2, 0.25) is 0 Å². The van der Waals surface area contributed by atoms with Gasteiger partial charge in [0.25, 0.3) is 0 Å². The van der Waals surface area contributed by atoms with Crippen LogP contribution in [-0.4, -0.2) is 12.3 Å². The Labute approximate surface area is 130 Å². The van der Waals surface area contributed by atoms with E-state index in [9.17, 15) is 0 Å². The van der Waals surface area contributed by atoms with Crippen LogP contribution in [-0.2, 0) is 0 Å². The van der Waals surface area contributed by atoms with Gasteiger partial charge in [0, 0.05) is 20.4 Å². The molecule has 1 heterocycles. The van der Waals surface area contributed by atoms with Crippen LogP contribution < -0.4 is 5.32 Å². The van der Waals surface area contributed by atoms with E-state index in [4.69, 9.17) is 0 Å². The van der Waals surface area contributed by atoms with Gasteiger partial charge in [0.1, 0.15) is 0 Å². The van der Waals surface area contributed by atoms with Crippen LogP contribution in [0.15, 0.2) is 41.3 Å². The maximum atomic E-state index is 3.67. The molecular weight excluding hydrogens is 282 g/mol. The van der Waals surface area contributed by atoms with Crippen molar-refractivity contribution in [2.45, 2.75) is 38.1 Å². The van der Waals surface area contributed by atoms with E-state index in [1.165, 1.54) is 26.6 Å². The summed E-state index contributed by atoms with van der Waals surface area (Å²) in [5, 5.41) is 3.67. The van der Waals surface area contributed by atoms with E-state index in [1.54, 1.807) is 0 Å². The van der Waals surface area contributed by atoms with Gasteiger partial charge in [0.15, 0.2) is 0 Å². The highest BCUT2D eigenvalue weighted by atomic mass is 32.2. The first-order valence-electron chi connectivity index (χ1n) is 7.18. The molecule has 1 aromatic heterocycles. The van der Waals surface area contributed by atoms with Crippen molar-refractivity contribution in [3.05, 3.63) is 51.7 Å². The molecule has 20 heavy (non-hydrogen) atoms. The van der Waals surface area contributed by atoms with E-state index in [0.29, 0.717) is 6.04 Å². The minimum absolute atomic E-state index is 0.458. The summed E-state index contributed by atoms with van der Waals surface area (Å²) in [6.07, 6.45) is 1.18. The minimum Gasteiger partial charge on any atom is -0.309 e. The molecule has 1 aromatic carbocycles. The maximum absolute atomic E-state index is 3.67. The van der Waals surface area contributed by atoms with Crippen molar-refractivity contribution >= 4 is 23.1 Å². The van der Waals surface area contributed by atoms with Crippen LogP contribution in [0.3, 0.4) is 0 Å². The molecule has 0 saturated heterocycles. The first kappa shape index (κ1) is 15.6. The van der Waals surface area contributed by atoms with E-state index < -0.39 is 0 Å². The molecule has 2 aromatic rings. The Bertz CT molecular complexity index is 533. The second-order valence-corrected chi connectivity index (χ2v) is 7.50. The van der Waals surface area contributed by atoms with Crippen LogP contribution in [0.2, 0.25) is 0 Å². The molecule has 0 bridgehead atoms. The Morgan fingerprint density at radius 3 is 2.70 bits per heavy atom. The quantitative estimate of drug-likeness (QED) is 0.706. The van der Waals surface area contributed by atoms with Gasteiger partial charge in [0.05, 0.1) is 6.04 Å². The molecular formula is C17H23NS2. The minimum atomic E-state index is 0.458. The largest absolute Gasteiger partial charge is 0.309 e. The zero-order valence-electron chi connectivity index (χ0n) is 12.5. The van der Waals surface area contributed by atoms with Crippen molar-refractivity contribution in [3.8, 4) is 0 Å². The number of thiophene rings is 1. The van der Waals surface area contributed by atoms with E-state index in [1.807, 2.05) is 23.1 Å². The molecule has 3 heteroatoms. The molecule has 0 saturated carbocycles. The fraction of sp³-hybridized carbons (Fsp3) is 0.412. The first-order chi connectivity index (χ1) is 9.69. The summed E-state index contributed by atoms with van der Waals surface area (Å²) in [5.41, 5.74) is 1.33. The topological polar surface area (TPSA) is 12.0 Å². The lowest BCUT2D eigenvalue weighted by Gasteiger charge is -2.17. The molecule has 0 fully saturated rings. The number of hydrogen-bond donors (Lipinski definition) is 1. The predicted octanol–water partition coefficient (Wildman–Crippen LogP) is 5.20. The van der Waals surface area contributed by atoms with Crippen LogP contribution in [0.4, 0.5) is 0 Å². The summed E-state index contributed by atoms with van der Waals surface area (Å²) in [7, 11) is 0. The van der Waals surface area contributed by atoms with E-state index >= 15 is 0 Å². The number of hydrogen-bond acceptors (Lipinski definition) is 3. The zero-order valence-corrected chi connectivity index (χ0v) is 14.1. The molecule has 0 aliphatic rings. The molecule has 0 aliphatic heterocycles. The molecule has 0 amide bonds. The fourth-order valence-electron chi connectivity index (χ4n) is 2.09. The molecule has 1 unspecified atom stereocenters. The third kappa shape index (κ3) is 4.65. The van der Waals surface area contributed by atoms with Crippen molar-refractivity contribution in [3.63, 3.8) is 0 Å². The molecule has 108 valence electrons. The number of nitrogens with one attached hydrogen (secondary N) is 1. The number of aryl methyl sites for hydroxylation is 2.